The lowest BCUT2D eigenvalue weighted by Gasteiger charge is -2.12. The number of hydrogen-bond donors (Lipinski definition) is 1. The minimum Gasteiger partial charge on any atom is -0.325 e. The summed E-state index contributed by atoms with van der Waals surface area (Å²) < 4.78 is 0. The van der Waals surface area contributed by atoms with Crippen LogP contribution in [-0.2, 0) is 0 Å². The molecule has 2 aliphatic carbocycles. The summed E-state index contributed by atoms with van der Waals surface area (Å²) in [5.41, 5.74) is 6.32. The molecule has 12 heavy (non-hydrogen) atoms. The van der Waals surface area contributed by atoms with Crippen molar-refractivity contribution >= 4 is 0 Å². The number of hydrogen-bond acceptors (Lipinski definition) is 1. The third-order valence-electron chi connectivity index (χ3n) is 3.65. The first-order valence-electron chi connectivity index (χ1n) is 5.48. The average Bonchev–Trinajstić information content (AvgIpc) is 2.82. The summed E-state index contributed by atoms with van der Waals surface area (Å²) in [5.74, 6) is 2.06. The highest BCUT2D eigenvalue weighted by molar-refractivity contribution is 4.98. The van der Waals surface area contributed by atoms with Crippen molar-refractivity contribution in [2.75, 3.05) is 0 Å². The molecule has 2 saturated carbocycles. The maximum atomic E-state index is 6.02. The van der Waals surface area contributed by atoms with Crippen LogP contribution in [0.4, 0.5) is 0 Å². The van der Waals surface area contributed by atoms with Crippen LogP contribution in [0.5, 0.6) is 0 Å². The summed E-state index contributed by atoms with van der Waals surface area (Å²) in [7, 11) is 0. The third kappa shape index (κ3) is 2.22. The normalized spacial score (nSPS) is 28.5. The quantitative estimate of drug-likeness (QED) is 0.669. The van der Waals surface area contributed by atoms with Crippen LogP contribution >= 0.6 is 0 Å². The van der Waals surface area contributed by atoms with Crippen LogP contribution in [0.25, 0.3) is 0 Å². The van der Waals surface area contributed by atoms with Crippen LogP contribution in [-0.4, -0.2) is 5.54 Å². The molecule has 0 heterocycles. The van der Waals surface area contributed by atoms with Gasteiger partial charge in [-0.25, -0.2) is 0 Å². The van der Waals surface area contributed by atoms with Crippen molar-refractivity contribution < 1.29 is 0 Å². The molecule has 0 spiro atoms. The second-order valence-electron chi connectivity index (χ2n) is 5.07. The van der Waals surface area contributed by atoms with Gasteiger partial charge >= 0.3 is 0 Å². The van der Waals surface area contributed by atoms with Gasteiger partial charge in [0.2, 0.25) is 0 Å². The largest absolute Gasteiger partial charge is 0.325 e. The van der Waals surface area contributed by atoms with E-state index in [4.69, 9.17) is 5.73 Å². The summed E-state index contributed by atoms with van der Waals surface area (Å²) in [5, 5.41) is 0. The van der Waals surface area contributed by atoms with Crippen molar-refractivity contribution in [3.8, 4) is 0 Å². The molecular weight excluding hydrogens is 146 g/mol. The molecule has 0 aliphatic heterocycles. The minimum absolute atomic E-state index is 0.295. The first kappa shape index (κ1) is 8.55. The van der Waals surface area contributed by atoms with E-state index in [0.29, 0.717) is 5.54 Å². The van der Waals surface area contributed by atoms with E-state index in [1.165, 1.54) is 44.9 Å². The molecule has 1 heteroatoms. The van der Waals surface area contributed by atoms with Gasteiger partial charge in [-0.15, -0.1) is 0 Å². The molecule has 0 radical (unpaired) electrons. The molecule has 1 nitrogen and oxygen atoms in total. The summed E-state index contributed by atoms with van der Waals surface area (Å²) >= 11 is 0. The van der Waals surface area contributed by atoms with Crippen LogP contribution in [0, 0.1) is 11.8 Å². The Morgan fingerprint density at radius 3 is 2.58 bits per heavy atom. The Hall–Kier alpha value is -0.0400. The Kier molecular flexibility index (Phi) is 2.16. The molecule has 0 amide bonds. The predicted octanol–water partition coefficient (Wildman–Crippen LogP) is 2.69. The zero-order valence-corrected chi connectivity index (χ0v) is 8.18. The summed E-state index contributed by atoms with van der Waals surface area (Å²) in [6, 6.07) is 0. The predicted molar refractivity (Wildman–Crippen MR) is 51.9 cm³/mol. The third-order valence-corrected chi connectivity index (χ3v) is 3.65. The van der Waals surface area contributed by atoms with E-state index in [-0.39, 0.29) is 0 Å². The topological polar surface area (TPSA) is 26.0 Å². The fourth-order valence-electron chi connectivity index (χ4n) is 2.09. The molecule has 0 saturated heterocycles. The molecular formula is C11H21N. The molecule has 70 valence electrons. The second kappa shape index (κ2) is 3.02. The van der Waals surface area contributed by atoms with Crippen molar-refractivity contribution in [2.45, 2.75) is 57.4 Å². The highest BCUT2D eigenvalue weighted by atomic mass is 14.8. The molecule has 1 atom stereocenters. The Labute approximate surface area is 75.7 Å². The van der Waals surface area contributed by atoms with Crippen LogP contribution in [0.1, 0.15) is 51.9 Å². The van der Waals surface area contributed by atoms with Gasteiger partial charge in [-0.3, -0.25) is 0 Å². The minimum atomic E-state index is 0.295. The summed E-state index contributed by atoms with van der Waals surface area (Å²) in [6.45, 7) is 2.41. The van der Waals surface area contributed by atoms with Crippen LogP contribution in [0.2, 0.25) is 0 Å². The average molecular weight is 167 g/mol. The zero-order valence-electron chi connectivity index (χ0n) is 8.18. The molecule has 0 aromatic heterocycles. The summed E-state index contributed by atoms with van der Waals surface area (Å²) in [6.07, 6.45) is 9.63. The zero-order chi connectivity index (χ0) is 8.60. The maximum Gasteiger partial charge on any atom is 0.0155 e. The molecule has 2 N–H and O–H groups in total. The van der Waals surface area contributed by atoms with E-state index in [0.717, 1.165) is 11.8 Å². The molecule has 2 rings (SSSR count). The van der Waals surface area contributed by atoms with E-state index in [9.17, 15) is 0 Å². The Balaban J connectivity index is 1.55. The first-order chi connectivity index (χ1) is 5.70. The van der Waals surface area contributed by atoms with Crippen molar-refractivity contribution in [1.82, 2.24) is 0 Å². The van der Waals surface area contributed by atoms with Gasteiger partial charge in [0, 0.05) is 5.54 Å². The monoisotopic (exact) mass is 167 g/mol. The van der Waals surface area contributed by atoms with Crippen molar-refractivity contribution in [2.24, 2.45) is 17.6 Å². The molecule has 0 aromatic rings. The van der Waals surface area contributed by atoms with E-state index in [1.807, 2.05) is 0 Å². The second-order valence-corrected chi connectivity index (χ2v) is 5.07. The molecule has 2 fully saturated rings. The van der Waals surface area contributed by atoms with Gasteiger partial charge in [-0.1, -0.05) is 19.8 Å². The highest BCUT2D eigenvalue weighted by Crippen LogP contribution is 2.41. The lowest BCUT2D eigenvalue weighted by atomic mass is 9.97. The molecule has 0 bridgehead atoms. The molecule has 0 aromatic carbocycles. The number of nitrogens with two attached hydrogens (primary N) is 1. The Morgan fingerprint density at radius 2 is 2.08 bits per heavy atom. The Bertz CT molecular complexity index is 156. The van der Waals surface area contributed by atoms with Crippen molar-refractivity contribution in [1.29, 1.82) is 0 Å². The van der Waals surface area contributed by atoms with Gasteiger partial charge < -0.3 is 5.73 Å². The van der Waals surface area contributed by atoms with Crippen molar-refractivity contribution in [3.63, 3.8) is 0 Å². The van der Waals surface area contributed by atoms with Gasteiger partial charge in [0.05, 0.1) is 0 Å². The standard InChI is InChI=1S/C11H21N/c1-9(10-4-5-10)3-2-6-11(12)7-8-11/h9-10H,2-8,12H2,1H3. The Morgan fingerprint density at radius 1 is 1.42 bits per heavy atom. The van der Waals surface area contributed by atoms with Crippen LogP contribution in [0.15, 0.2) is 0 Å². The van der Waals surface area contributed by atoms with Gasteiger partial charge in [-0.05, 0) is 43.9 Å². The lowest BCUT2D eigenvalue weighted by molar-refractivity contribution is 0.426. The molecule has 1 unspecified atom stereocenters. The van der Waals surface area contributed by atoms with Crippen LogP contribution in [0.3, 0.4) is 0 Å². The van der Waals surface area contributed by atoms with Crippen LogP contribution < -0.4 is 5.73 Å². The van der Waals surface area contributed by atoms with E-state index in [1.54, 1.807) is 0 Å². The first-order valence-corrected chi connectivity index (χ1v) is 5.48. The van der Waals surface area contributed by atoms with Gasteiger partial charge in [0.25, 0.3) is 0 Å². The van der Waals surface area contributed by atoms with E-state index in [2.05, 4.69) is 6.92 Å². The fourth-order valence-corrected chi connectivity index (χ4v) is 2.09. The maximum absolute atomic E-state index is 6.02. The fraction of sp³-hybridized carbons (Fsp3) is 1.00. The van der Waals surface area contributed by atoms with E-state index >= 15 is 0 Å². The summed E-state index contributed by atoms with van der Waals surface area (Å²) in [4.78, 5) is 0. The molecule has 2 aliphatic rings. The lowest BCUT2D eigenvalue weighted by Crippen LogP contribution is -2.21. The van der Waals surface area contributed by atoms with Gasteiger partial charge in [-0.2, -0.15) is 0 Å². The van der Waals surface area contributed by atoms with Crippen molar-refractivity contribution in [3.05, 3.63) is 0 Å². The SMILES string of the molecule is CC(CCCC1(N)CC1)C1CC1. The number of rotatable bonds is 5. The van der Waals surface area contributed by atoms with E-state index < -0.39 is 0 Å². The van der Waals surface area contributed by atoms with Gasteiger partial charge in [0.15, 0.2) is 0 Å². The van der Waals surface area contributed by atoms with Gasteiger partial charge in [0.1, 0.15) is 0 Å². The highest BCUT2D eigenvalue weighted by Gasteiger charge is 2.37. The smallest absolute Gasteiger partial charge is 0.0155 e.